The number of likely N-dealkylation sites (N-methyl/N-ethyl adjacent to an activating group) is 1. The summed E-state index contributed by atoms with van der Waals surface area (Å²) in [6.45, 7) is 1.46. The fraction of sp³-hybridized carbons (Fsp3) is 0.357. The molecule has 0 atom stereocenters. The molecular formula is C14H16ClFN2S. The van der Waals surface area contributed by atoms with Crippen LogP contribution in [0, 0.1) is 5.82 Å². The van der Waals surface area contributed by atoms with Gasteiger partial charge in [-0.2, -0.15) is 0 Å². The summed E-state index contributed by atoms with van der Waals surface area (Å²) in [6, 6.07) is 6.89. The molecule has 0 N–H and O–H groups in total. The van der Waals surface area contributed by atoms with E-state index in [-0.39, 0.29) is 5.82 Å². The number of nitrogens with zero attached hydrogens (tertiary/aromatic N) is 2. The Bertz CT molecular complexity index is 530. The first-order valence-electron chi connectivity index (χ1n) is 6.10. The van der Waals surface area contributed by atoms with Crippen molar-refractivity contribution in [1.82, 2.24) is 9.88 Å². The molecule has 2 aromatic rings. The van der Waals surface area contributed by atoms with Gasteiger partial charge in [0.25, 0.3) is 0 Å². The van der Waals surface area contributed by atoms with Gasteiger partial charge in [-0.25, -0.2) is 9.37 Å². The quantitative estimate of drug-likeness (QED) is 0.756. The highest BCUT2D eigenvalue weighted by atomic mass is 35.5. The van der Waals surface area contributed by atoms with Gasteiger partial charge in [0, 0.05) is 30.5 Å². The average Bonchev–Trinajstić information content (AvgIpc) is 2.87. The van der Waals surface area contributed by atoms with E-state index in [1.807, 2.05) is 24.6 Å². The molecule has 0 aliphatic heterocycles. The number of hydrogen-bond acceptors (Lipinski definition) is 3. The molecule has 1 heterocycles. The van der Waals surface area contributed by atoms with Crippen LogP contribution >= 0.6 is 22.9 Å². The summed E-state index contributed by atoms with van der Waals surface area (Å²) in [5.74, 6) is 0.315. The lowest BCUT2D eigenvalue weighted by Gasteiger charge is -2.16. The summed E-state index contributed by atoms with van der Waals surface area (Å²) in [5, 5.41) is 3.06. The first-order chi connectivity index (χ1) is 9.19. The Hall–Kier alpha value is -0.970. The number of halogens is 2. The van der Waals surface area contributed by atoms with Gasteiger partial charge in [-0.15, -0.1) is 22.9 Å². The maximum atomic E-state index is 13.5. The fourth-order valence-electron chi connectivity index (χ4n) is 1.81. The van der Waals surface area contributed by atoms with Gasteiger partial charge in [0.1, 0.15) is 5.82 Å². The number of thiazole rings is 1. The van der Waals surface area contributed by atoms with Crippen LogP contribution in [0.2, 0.25) is 0 Å². The largest absolute Gasteiger partial charge is 0.302 e. The van der Waals surface area contributed by atoms with Crippen molar-refractivity contribution in [3.8, 4) is 0 Å². The maximum Gasteiger partial charge on any atom is 0.127 e. The lowest BCUT2D eigenvalue weighted by molar-refractivity contribution is 0.325. The molecule has 0 unspecified atom stereocenters. The van der Waals surface area contributed by atoms with Crippen LogP contribution in [0.15, 0.2) is 29.6 Å². The van der Waals surface area contributed by atoms with Crippen LogP contribution in [0.4, 0.5) is 4.39 Å². The monoisotopic (exact) mass is 298 g/mol. The normalized spacial score (nSPS) is 11.2. The summed E-state index contributed by atoms with van der Waals surface area (Å²) in [4.78, 5) is 6.51. The Labute approximate surface area is 121 Å². The van der Waals surface area contributed by atoms with Crippen LogP contribution in [-0.4, -0.2) is 23.5 Å². The topological polar surface area (TPSA) is 16.1 Å². The van der Waals surface area contributed by atoms with Crippen molar-refractivity contribution in [3.05, 3.63) is 51.7 Å². The second-order valence-electron chi connectivity index (χ2n) is 4.45. The molecule has 5 heteroatoms. The van der Waals surface area contributed by atoms with E-state index < -0.39 is 0 Å². The standard InChI is InChI=1S/C14H16ClFN2S/c1-18(9-11-4-2-3-5-13(11)16)7-6-14-17-12(8-15)10-19-14/h2-5,10H,6-9H2,1H3. The SMILES string of the molecule is CN(CCc1nc(CCl)cs1)Cc1ccccc1F. The zero-order valence-electron chi connectivity index (χ0n) is 10.8. The van der Waals surface area contributed by atoms with Crippen LogP contribution in [0.25, 0.3) is 0 Å². The van der Waals surface area contributed by atoms with Gasteiger partial charge in [-0.3, -0.25) is 0 Å². The van der Waals surface area contributed by atoms with Gasteiger partial charge in [-0.05, 0) is 13.1 Å². The van der Waals surface area contributed by atoms with Gasteiger partial charge in [0.15, 0.2) is 0 Å². The number of aromatic nitrogens is 1. The molecule has 0 saturated carbocycles. The van der Waals surface area contributed by atoms with Crippen molar-refractivity contribution in [2.45, 2.75) is 18.8 Å². The number of hydrogen-bond donors (Lipinski definition) is 0. The van der Waals surface area contributed by atoms with Gasteiger partial charge in [0.2, 0.25) is 0 Å². The molecule has 0 aliphatic carbocycles. The van der Waals surface area contributed by atoms with Crippen LogP contribution in [0.3, 0.4) is 0 Å². The van der Waals surface area contributed by atoms with Crippen molar-refractivity contribution in [1.29, 1.82) is 0 Å². The highest BCUT2D eigenvalue weighted by molar-refractivity contribution is 7.09. The zero-order chi connectivity index (χ0) is 13.7. The summed E-state index contributed by atoms with van der Waals surface area (Å²) >= 11 is 7.35. The Kier molecular flexibility index (Phi) is 5.31. The van der Waals surface area contributed by atoms with Gasteiger partial charge < -0.3 is 4.90 Å². The first kappa shape index (κ1) is 14.4. The fourth-order valence-corrected chi connectivity index (χ4v) is 2.82. The molecule has 2 nitrogen and oxygen atoms in total. The molecule has 0 saturated heterocycles. The molecule has 0 bridgehead atoms. The predicted octanol–water partition coefficient (Wildman–Crippen LogP) is 3.70. The summed E-state index contributed by atoms with van der Waals surface area (Å²) in [5.41, 5.74) is 1.66. The van der Waals surface area contributed by atoms with Crippen LogP contribution in [0.1, 0.15) is 16.3 Å². The Morgan fingerprint density at radius 2 is 2.16 bits per heavy atom. The molecule has 19 heavy (non-hydrogen) atoms. The minimum Gasteiger partial charge on any atom is -0.302 e. The third kappa shape index (κ3) is 4.27. The summed E-state index contributed by atoms with van der Waals surface area (Å²) in [7, 11) is 1.99. The minimum atomic E-state index is -0.145. The summed E-state index contributed by atoms with van der Waals surface area (Å²) in [6.07, 6.45) is 0.868. The molecule has 0 amide bonds. The van der Waals surface area contributed by atoms with Crippen molar-refractivity contribution in [3.63, 3.8) is 0 Å². The molecule has 102 valence electrons. The van der Waals surface area contributed by atoms with Gasteiger partial charge in [-0.1, -0.05) is 18.2 Å². The number of rotatable bonds is 6. The van der Waals surface area contributed by atoms with E-state index in [9.17, 15) is 4.39 Å². The van der Waals surface area contributed by atoms with Crippen molar-refractivity contribution >= 4 is 22.9 Å². The Morgan fingerprint density at radius 3 is 2.84 bits per heavy atom. The van der Waals surface area contributed by atoms with E-state index in [1.54, 1.807) is 17.4 Å². The van der Waals surface area contributed by atoms with Crippen LogP contribution < -0.4 is 0 Å². The van der Waals surface area contributed by atoms with E-state index in [0.717, 1.165) is 29.2 Å². The molecule has 1 aromatic carbocycles. The minimum absolute atomic E-state index is 0.145. The van der Waals surface area contributed by atoms with E-state index in [4.69, 9.17) is 11.6 Å². The first-order valence-corrected chi connectivity index (χ1v) is 7.51. The maximum absolute atomic E-state index is 13.5. The van der Waals surface area contributed by atoms with E-state index in [1.165, 1.54) is 6.07 Å². The average molecular weight is 299 g/mol. The van der Waals surface area contributed by atoms with E-state index in [0.29, 0.717) is 12.4 Å². The van der Waals surface area contributed by atoms with E-state index in [2.05, 4.69) is 9.88 Å². The molecular weight excluding hydrogens is 283 g/mol. The molecule has 1 aromatic heterocycles. The predicted molar refractivity (Wildman–Crippen MR) is 78.1 cm³/mol. The Balaban J connectivity index is 1.84. The van der Waals surface area contributed by atoms with E-state index >= 15 is 0 Å². The van der Waals surface area contributed by atoms with Gasteiger partial charge in [0.05, 0.1) is 16.6 Å². The molecule has 0 fully saturated rings. The summed E-state index contributed by atoms with van der Waals surface area (Å²) < 4.78 is 13.5. The number of alkyl halides is 1. The van der Waals surface area contributed by atoms with Crippen molar-refractivity contribution < 1.29 is 4.39 Å². The highest BCUT2D eigenvalue weighted by Gasteiger charge is 2.07. The lowest BCUT2D eigenvalue weighted by atomic mass is 10.2. The molecule has 2 rings (SSSR count). The van der Waals surface area contributed by atoms with Crippen LogP contribution in [-0.2, 0) is 18.8 Å². The van der Waals surface area contributed by atoms with Crippen LogP contribution in [0.5, 0.6) is 0 Å². The molecule has 0 radical (unpaired) electrons. The molecule has 0 aliphatic rings. The third-order valence-electron chi connectivity index (χ3n) is 2.84. The lowest BCUT2D eigenvalue weighted by Crippen LogP contribution is -2.21. The van der Waals surface area contributed by atoms with Gasteiger partial charge >= 0.3 is 0 Å². The highest BCUT2D eigenvalue weighted by Crippen LogP contribution is 2.13. The second kappa shape index (κ2) is 6.98. The Morgan fingerprint density at radius 1 is 1.37 bits per heavy atom. The second-order valence-corrected chi connectivity index (χ2v) is 5.66. The van der Waals surface area contributed by atoms with Crippen molar-refractivity contribution in [2.75, 3.05) is 13.6 Å². The molecule has 0 spiro atoms. The van der Waals surface area contributed by atoms with Crippen molar-refractivity contribution in [2.24, 2.45) is 0 Å². The smallest absolute Gasteiger partial charge is 0.127 e. The zero-order valence-corrected chi connectivity index (χ0v) is 12.3. The third-order valence-corrected chi connectivity index (χ3v) is 4.07. The number of benzene rings is 1.